The Morgan fingerprint density at radius 1 is 1.15 bits per heavy atom. The van der Waals surface area contributed by atoms with E-state index in [0.29, 0.717) is 6.10 Å². The second-order valence-electron chi connectivity index (χ2n) is 7.13. The Labute approximate surface area is 139 Å². The van der Waals surface area contributed by atoms with Crippen LogP contribution >= 0.6 is 15.9 Å². The topological polar surface area (TPSA) is 9.23 Å². The fourth-order valence-corrected chi connectivity index (χ4v) is 9.27. The van der Waals surface area contributed by atoms with E-state index in [1.54, 1.807) is 0 Å². The second kappa shape index (κ2) is 10.6. The van der Waals surface area contributed by atoms with Crippen LogP contribution in [0.2, 0.25) is 30.2 Å². The standard InChI is InChI=1S/C16H37BrOSi2/c1-7-16(8-2,19-13-10-12-17)11-9-14-20(5,6)18-15(3)4/h15H,7-14,19H2,1-6H3. The number of alkyl halides is 1. The van der Waals surface area contributed by atoms with Gasteiger partial charge in [0.15, 0.2) is 8.32 Å². The van der Waals surface area contributed by atoms with E-state index in [-0.39, 0.29) is 9.52 Å². The zero-order valence-electron chi connectivity index (χ0n) is 14.7. The van der Waals surface area contributed by atoms with Crippen LogP contribution in [-0.2, 0) is 4.43 Å². The van der Waals surface area contributed by atoms with Gasteiger partial charge in [-0.15, -0.1) is 0 Å². The van der Waals surface area contributed by atoms with E-state index in [9.17, 15) is 0 Å². The van der Waals surface area contributed by atoms with Gasteiger partial charge in [0.2, 0.25) is 0 Å². The second-order valence-corrected chi connectivity index (χ2v) is 14.9. The van der Waals surface area contributed by atoms with Crippen LogP contribution in [0.1, 0.15) is 59.8 Å². The van der Waals surface area contributed by atoms with Crippen molar-refractivity contribution in [2.45, 2.75) is 96.1 Å². The molecule has 0 aliphatic heterocycles. The third kappa shape index (κ3) is 9.01. The van der Waals surface area contributed by atoms with E-state index in [2.05, 4.69) is 56.7 Å². The van der Waals surface area contributed by atoms with E-state index < -0.39 is 8.32 Å². The molecule has 1 nitrogen and oxygen atoms in total. The van der Waals surface area contributed by atoms with Crippen molar-refractivity contribution >= 4 is 33.8 Å². The Hall–Kier alpha value is 0.874. The highest BCUT2D eigenvalue weighted by Gasteiger charge is 2.28. The summed E-state index contributed by atoms with van der Waals surface area (Å²) in [7, 11) is -1.36. The molecule has 20 heavy (non-hydrogen) atoms. The summed E-state index contributed by atoms with van der Waals surface area (Å²) in [5, 5.41) is 1.91. The monoisotopic (exact) mass is 380 g/mol. The molecule has 0 atom stereocenters. The molecule has 0 saturated heterocycles. The smallest absolute Gasteiger partial charge is 0.187 e. The average Bonchev–Trinajstić information content (AvgIpc) is 2.35. The number of halogens is 1. The summed E-state index contributed by atoms with van der Waals surface area (Å²) in [5.41, 5.74) is 0. The van der Waals surface area contributed by atoms with Gasteiger partial charge in [0.1, 0.15) is 0 Å². The molecule has 0 aliphatic rings. The van der Waals surface area contributed by atoms with Crippen LogP contribution in [0.3, 0.4) is 0 Å². The van der Waals surface area contributed by atoms with Gasteiger partial charge in [0, 0.05) is 21.0 Å². The summed E-state index contributed by atoms with van der Waals surface area (Å²) < 4.78 is 6.16. The summed E-state index contributed by atoms with van der Waals surface area (Å²) in [6.45, 7) is 13.9. The molecule has 0 saturated carbocycles. The van der Waals surface area contributed by atoms with Crippen LogP contribution in [-0.4, -0.2) is 29.3 Å². The Bertz CT molecular complexity index is 241. The Morgan fingerprint density at radius 2 is 1.75 bits per heavy atom. The molecular formula is C16H37BrOSi2. The van der Waals surface area contributed by atoms with Crippen molar-refractivity contribution < 1.29 is 4.43 Å². The van der Waals surface area contributed by atoms with Crippen LogP contribution in [0.25, 0.3) is 0 Å². The zero-order valence-corrected chi connectivity index (χ0v) is 18.7. The van der Waals surface area contributed by atoms with Crippen LogP contribution in [0.15, 0.2) is 0 Å². The summed E-state index contributed by atoms with van der Waals surface area (Å²) >= 11 is 3.57. The maximum absolute atomic E-state index is 6.16. The molecule has 0 amide bonds. The lowest BCUT2D eigenvalue weighted by Crippen LogP contribution is -2.33. The first-order valence-corrected chi connectivity index (χ1v) is 14.5. The van der Waals surface area contributed by atoms with Crippen molar-refractivity contribution in [1.29, 1.82) is 0 Å². The number of hydrogen-bond acceptors (Lipinski definition) is 1. The lowest BCUT2D eigenvalue weighted by atomic mass is 9.96. The Kier molecular flexibility index (Phi) is 11.0. The van der Waals surface area contributed by atoms with E-state index >= 15 is 0 Å². The predicted molar refractivity (Wildman–Crippen MR) is 103 cm³/mol. The van der Waals surface area contributed by atoms with Crippen molar-refractivity contribution in [3.8, 4) is 0 Å². The van der Waals surface area contributed by atoms with E-state index in [1.165, 1.54) is 49.5 Å². The third-order valence-electron chi connectivity index (χ3n) is 4.63. The van der Waals surface area contributed by atoms with Gasteiger partial charge in [-0.2, -0.15) is 0 Å². The molecule has 0 aromatic rings. The fraction of sp³-hybridized carbons (Fsp3) is 1.00. The van der Waals surface area contributed by atoms with E-state index in [1.807, 2.05) is 0 Å². The van der Waals surface area contributed by atoms with Crippen LogP contribution in [0.5, 0.6) is 0 Å². The SMILES string of the molecule is CCC(CC)(CCC[Si](C)(C)OC(C)C)[SiH2]CCCBr. The van der Waals surface area contributed by atoms with Gasteiger partial charge >= 0.3 is 0 Å². The Balaban J connectivity index is 4.26. The molecule has 122 valence electrons. The van der Waals surface area contributed by atoms with Gasteiger partial charge in [-0.1, -0.05) is 61.5 Å². The lowest BCUT2D eigenvalue weighted by Gasteiger charge is -2.33. The summed E-state index contributed by atoms with van der Waals surface area (Å²) in [5.74, 6) is 0. The molecule has 0 aromatic heterocycles. The van der Waals surface area contributed by atoms with Crippen molar-refractivity contribution in [3.05, 3.63) is 0 Å². The summed E-state index contributed by atoms with van der Waals surface area (Å²) in [6.07, 6.45) is 7.40. The molecule has 0 spiro atoms. The summed E-state index contributed by atoms with van der Waals surface area (Å²) in [4.78, 5) is 0. The summed E-state index contributed by atoms with van der Waals surface area (Å²) in [6, 6.07) is 2.84. The highest BCUT2D eigenvalue weighted by Crippen LogP contribution is 2.41. The molecule has 0 bridgehead atoms. The number of hydrogen-bond donors (Lipinski definition) is 0. The maximum Gasteiger partial charge on any atom is 0.187 e. The largest absolute Gasteiger partial charge is 0.415 e. The van der Waals surface area contributed by atoms with Crippen LogP contribution < -0.4 is 0 Å². The maximum atomic E-state index is 6.16. The third-order valence-corrected chi connectivity index (χ3v) is 11.1. The normalized spacial score (nSPS) is 13.8. The molecule has 0 rings (SSSR count). The predicted octanol–water partition coefficient (Wildman–Crippen LogP) is 5.75. The average molecular weight is 382 g/mol. The highest BCUT2D eigenvalue weighted by molar-refractivity contribution is 9.09. The molecule has 4 heteroatoms. The minimum Gasteiger partial charge on any atom is -0.415 e. The van der Waals surface area contributed by atoms with Gasteiger partial charge in [0.05, 0.1) is 0 Å². The van der Waals surface area contributed by atoms with Gasteiger partial charge in [0.25, 0.3) is 0 Å². The molecule has 0 aromatic carbocycles. The van der Waals surface area contributed by atoms with Crippen molar-refractivity contribution in [1.82, 2.24) is 0 Å². The quantitative estimate of drug-likeness (QED) is 0.238. The van der Waals surface area contributed by atoms with Crippen LogP contribution in [0, 0.1) is 0 Å². The minimum atomic E-state index is -1.42. The molecule has 0 radical (unpaired) electrons. The first-order valence-electron chi connectivity index (χ1n) is 8.54. The first kappa shape index (κ1) is 20.9. The van der Waals surface area contributed by atoms with Gasteiger partial charge < -0.3 is 4.43 Å². The van der Waals surface area contributed by atoms with Crippen molar-refractivity contribution in [2.24, 2.45) is 0 Å². The van der Waals surface area contributed by atoms with Gasteiger partial charge in [-0.25, -0.2) is 0 Å². The van der Waals surface area contributed by atoms with Gasteiger partial charge in [-0.3, -0.25) is 0 Å². The van der Waals surface area contributed by atoms with E-state index in [0.717, 1.165) is 5.04 Å². The van der Waals surface area contributed by atoms with Crippen LogP contribution in [0.4, 0.5) is 0 Å². The molecular weight excluding hydrogens is 344 g/mol. The van der Waals surface area contributed by atoms with E-state index in [4.69, 9.17) is 4.43 Å². The molecule has 0 unspecified atom stereocenters. The molecule has 0 fully saturated rings. The lowest BCUT2D eigenvalue weighted by molar-refractivity contribution is 0.230. The Morgan fingerprint density at radius 3 is 2.20 bits per heavy atom. The van der Waals surface area contributed by atoms with Crippen molar-refractivity contribution in [3.63, 3.8) is 0 Å². The zero-order chi connectivity index (χ0) is 15.6. The molecule has 0 heterocycles. The molecule has 0 N–H and O–H groups in total. The number of rotatable bonds is 12. The molecule has 0 aliphatic carbocycles. The fourth-order valence-electron chi connectivity index (χ4n) is 3.26. The van der Waals surface area contributed by atoms with Crippen molar-refractivity contribution in [2.75, 3.05) is 5.33 Å². The highest BCUT2D eigenvalue weighted by atomic mass is 79.9. The van der Waals surface area contributed by atoms with Gasteiger partial charge in [-0.05, 0) is 44.4 Å². The first-order chi connectivity index (χ1) is 9.31. The minimum absolute atomic E-state index is 0.0660.